The smallest absolute Gasteiger partial charge is 0.272 e. The number of allylic oxidation sites excluding steroid dienone is 1. The average molecular weight is 257 g/mol. The highest BCUT2D eigenvalue weighted by atomic mass is 35.6. The molecule has 0 aromatic carbocycles. The Labute approximate surface area is 98.6 Å². The number of hydrogen-bond donors (Lipinski definition) is 1. The Morgan fingerprint density at radius 1 is 1.50 bits per heavy atom. The largest absolute Gasteiger partial charge is 0.344 e. The summed E-state index contributed by atoms with van der Waals surface area (Å²) < 4.78 is -1.88. The van der Waals surface area contributed by atoms with Crippen LogP contribution in [0.2, 0.25) is 0 Å². The number of carbonyl (C=O) groups excluding carboxylic acids is 1. The van der Waals surface area contributed by atoms with E-state index in [1.54, 1.807) is 0 Å². The molecule has 0 saturated carbocycles. The molecule has 1 aliphatic rings. The van der Waals surface area contributed by atoms with Gasteiger partial charge in [0, 0.05) is 0 Å². The molecule has 1 N–H and O–H groups in total. The number of halogens is 3. The Balaban J connectivity index is 2.63. The van der Waals surface area contributed by atoms with E-state index < -0.39 is 9.70 Å². The lowest BCUT2D eigenvalue weighted by molar-refractivity contribution is -0.121. The second kappa shape index (κ2) is 4.30. The Hall–Kier alpha value is 0.0800. The molecule has 0 unspecified atom stereocenters. The van der Waals surface area contributed by atoms with Crippen molar-refractivity contribution < 1.29 is 4.79 Å². The fourth-order valence-electron chi connectivity index (χ4n) is 1.45. The van der Waals surface area contributed by atoms with Crippen LogP contribution < -0.4 is 5.32 Å². The van der Waals surface area contributed by atoms with Gasteiger partial charge in [-0.15, -0.1) is 0 Å². The lowest BCUT2D eigenvalue weighted by Crippen LogP contribution is -2.49. The normalized spacial score (nSPS) is 27.4. The Kier molecular flexibility index (Phi) is 3.73. The quantitative estimate of drug-likeness (QED) is 0.567. The van der Waals surface area contributed by atoms with Gasteiger partial charge in [0.15, 0.2) is 0 Å². The minimum absolute atomic E-state index is 0.376. The molecule has 1 atom stereocenters. The zero-order valence-electron chi connectivity index (χ0n) is 7.82. The van der Waals surface area contributed by atoms with Gasteiger partial charge in [-0.25, -0.2) is 0 Å². The number of carbonyl (C=O) groups is 1. The SMILES string of the molecule is C[C@]1(NC(=O)C(Cl)(Cl)Cl)C=CCCC1. The van der Waals surface area contributed by atoms with Crippen molar-refractivity contribution in [2.75, 3.05) is 0 Å². The summed E-state index contributed by atoms with van der Waals surface area (Å²) in [6.45, 7) is 1.91. The molecule has 14 heavy (non-hydrogen) atoms. The van der Waals surface area contributed by atoms with Crippen molar-refractivity contribution in [3.8, 4) is 0 Å². The van der Waals surface area contributed by atoms with Gasteiger partial charge in [0.1, 0.15) is 0 Å². The first-order valence-electron chi connectivity index (χ1n) is 4.40. The first-order chi connectivity index (χ1) is 6.33. The maximum Gasteiger partial charge on any atom is 0.272 e. The average Bonchev–Trinajstić information content (AvgIpc) is 2.02. The van der Waals surface area contributed by atoms with Gasteiger partial charge in [-0.1, -0.05) is 47.0 Å². The minimum atomic E-state index is -1.88. The van der Waals surface area contributed by atoms with Gasteiger partial charge in [0.05, 0.1) is 5.54 Å². The van der Waals surface area contributed by atoms with E-state index in [1.165, 1.54) is 0 Å². The van der Waals surface area contributed by atoms with E-state index in [9.17, 15) is 4.79 Å². The fraction of sp³-hybridized carbons (Fsp3) is 0.667. The molecule has 80 valence electrons. The molecule has 1 aliphatic carbocycles. The molecule has 1 rings (SSSR count). The van der Waals surface area contributed by atoms with E-state index in [-0.39, 0.29) is 5.54 Å². The molecule has 0 aliphatic heterocycles. The predicted octanol–water partition coefficient (Wildman–Crippen LogP) is 2.97. The highest BCUT2D eigenvalue weighted by Gasteiger charge is 2.35. The summed E-state index contributed by atoms with van der Waals surface area (Å²) in [5, 5.41) is 2.71. The van der Waals surface area contributed by atoms with E-state index in [0.29, 0.717) is 0 Å². The maximum absolute atomic E-state index is 11.4. The Bertz CT molecular complexity index is 259. The van der Waals surface area contributed by atoms with Crippen molar-refractivity contribution in [2.24, 2.45) is 0 Å². The van der Waals surface area contributed by atoms with Crippen LogP contribution in [0.3, 0.4) is 0 Å². The summed E-state index contributed by atoms with van der Waals surface area (Å²) in [6, 6.07) is 0. The molecule has 0 saturated heterocycles. The van der Waals surface area contributed by atoms with E-state index in [0.717, 1.165) is 19.3 Å². The molecule has 5 heteroatoms. The highest BCUT2D eigenvalue weighted by molar-refractivity contribution is 6.76. The Morgan fingerprint density at radius 3 is 2.57 bits per heavy atom. The molecule has 0 aromatic heterocycles. The Morgan fingerprint density at radius 2 is 2.14 bits per heavy atom. The summed E-state index contributed by atoms with van der Waals surface area (Å²) >= 11 is 16.4. The van der Waals surface area contributed by atoms with Crippen LogP contribution in [0.15, 0.2) is 12.2 Å². The van der Waals surface area contributed by atoms with Crippen LogP contribution in [-0.4, -0.2) is 15.2 Å². The molecule has 0 radical (unpaired) electrons. The third-order valence-corrected chi connectivity index (χ3v) is 2.72. The number of alkyl halides is 3. The van der Waals surface area contributed by atoms with Gasteiger partial charge in [0.2, 0.25) is 0 Å². The summed E-state index contributed by atoms with van der Waals surface area (Å²) in [5.74, 6) is -0.573. The van der Waals surface area contributed by atoms with Crippen LogP contribution in [-0.2, 0) is 4.79 Å². The molecule has 0 heterocycles. The van der Waals surface area contributed by atoms with Gasteiger partial charge in [0.25, 0.3) is 9.70 Å². The van der Waals surface area contributed by atoms with Crippen molar-refractivity contribution >= 4 is 40.7 Å². The van der Waals surface area contributed by atoms with E-state index in [1.807, 2.05) is 19.1 Å². The topological polar surface area (TPSA) is 29.1 Å². The van der Waals surface area contributed by atoms with Crippen LogP contribution >= 0.6 is 34.8 Å². The molecular formula is C9H12Cl3NO. The predicted molar refractivity (Wildman–Crippen MR) is 59.8 cm³/mol. The van der Waals surface area contributed by atoms with Gasteiger partial charge < -0.3 is 5.32 Å². The lowest BCUT2D eigenvalue weighted by atomic mass is 9.89. The minimum Gasteiger partial charge on any atom is -0.344 e. The van der Waals surface area contributed by atoms with Crippen LogP contribution in [0, 0.1) is 0 Å². The van der Waals surface area contributed by atoms with Crippen LogP contribution in [0.25, 0.3) is 0 Å². The molecule has 0 spiro atoms. The van der Waals surface area contributed by atoms with Crippen LogP contribution in [0.1, 0.15) is 26.2 Å². The lowest BCUT2D eigenvalue weighted by Gasteiger charge is -2.31. The van der Waals surface area contributed by atoms with Gasteiger partial charge in [-0.2, -0.15) is 0 Å². The van der Waals surface area contributed by atoms with Crippen LogP contribution in [0.5, 0.6) is 0 Å². The first kappa shape index (κ1) is 12.2. The van der Waals surface area contributed by atoms with E-state index in [2.05, 4.69) is 5.32 Å². The molecule has 0 aromatic rings. The van der Waals surface area contributed by atoms with Crippen molar-refractivity contribution in [1.82, 2.24) is 5.32 Å². The van der Waals surface area contributed by atoms with Crippen LogP contribution in [0.4, 0.5) is 0 Å². The van der Waals surface area contributed by atoms with Crippen molar-refractivity contribution in [2.45, 2.75) is 35.5 Å². The summed E-state index contributed by atoms with van der Waals surface area (Å²) in [6.07, 6.45) is 6.93. The standard InChI is InChI=1S/C9H12Cl3NO/c1-8(5-3-2-4-6-8)13-7(14)9(10,11)12/h3,5H,2,4,6H2,1H3,(H,13,14)/t8-/m0/s1. The van der Waals surface area contributed by atoms with E-state index in [4.69, 9.17) is 34.8 Å². The monoisotopic (exact) mass is 255 g/mol. The van der Waals surface area contributed by atoms with E-state index >= 15 is 0 Å². The van der Waals surface area contributed by atoms with Gasteiger partial charge in [-0.05, 0) is 26.2 Å². The zero-order chi connectivity index (χ0) is 10.8. The maximum atomic E-state index is 11.4. The molecule has 2 nitrogen and oxygen atoms in total. The molecule has 1 amide bonds. The second-order valence-electron chi connectivity index (χ2n) is 3.66. The molecule has 0 bridgehead atoms. The number of hydrogen-bond acceptors (Lipinski definition) is 1. The first-order valence-corrected chi connectivity index (χ1v) is 5.54. The summed E-state index contributed by atoms with van der Waals surface area (Å²) in [5.41, 5.74) is -0.376. The van der Waals surface area contributed by atoms with Crippen molar-refractivity contribution in [3.05, 3.63) is 12.2 Å². The highest BCUT2D eigenvalue weighted by Crippen LogP contribution is 2.29. The second-order valence-corrected chi connectivity index (χ2v) is 5.95. The van der Waals surface area contributed by atoms with Gasteiger partial charge >= 0.3 is 0 Å². The number of nitrogens with one attached hydrogen (secondary N) is 1. The molecular weight excluding hydrogens is 244 g/mol. The number of rotatable bonds is 1. The third kappa shape index (κ3) is 3.34. The third-order valence-electron chi connectivity index (χ3n) is 2.21. The summed E-state index contributed by atoms with van der Waals surface area (Å²) in [7, 11) is 0. The molecule has 0 fully saturated rings. The van der Waals surface area contributed by atoms with Gasteiger partial charge in [-0.3, -0.25) is 4.79 Å². The van der Waals surface area contributed by atoms with Crippen molar-refractivity contribution in [1.29, 1.82) is 0 Å². The number of amides is 1. The fourth-order valence-corrected chi connectivity index (χ4v) is 1.59. The zero-order valence-corrected chi connectivity index (χ0v) is 10.1. The van der Waals surface area contributed by atoms with Crippen molar-refractivity contribution in [3.63, 3.8) is 0 Å². The summed E-state index contributed by atoms with van der Waals surface area (Å²) in [4.78, 5) is 11.4.